The maximum atomic E-state index is 12.3. The quantitative estimate of drug-likeness (QED) is 0.903. The molecule has 2 N–H and O–H groups in total. The molecule has 1 aliphatic rings. The normalized spacial score (nSPS) is 13.0. The minimum Gasteiger partial charge on any atom is -0.332 e. The number of nitrogens with one attached hydrogen (secondary N) is 2. The van der Waals surface area contributed by atoms with E-state index >= 15 is 0 Å². The van der Waals surface area contributed by atoms with Crippen molar-refractivity contribution in [2.24, 2.45) is 0 Å². The van der Waals surface area contributed by atoms with Crippen LogP contribution in [0.2, 0.25) is 0 Å². The molecule has 0 atom stereocenters. The van der Waals surface area contributed by atoms with Crippen molar-refractivity contribution >= 4 is 11.7 Å². The first-order valence-electron chi connectivity index (χ1n) is 7.39. The molecule has 1 aromatic carbocycles. The van der Waals surface area contributed by atoms with Crippen LogP contribution in [0.25, 0.3) is 0 Å². The molecule has 2 amide bonds. The number of aromatic amines is 1. The van der Waals surface area contributed by atoms with Crippen molar-refractivity contribution < 1.29 is 4.79 Å². The van der Waals surface area contributed by atoms with Crippen molar-refractivity contribution in [2.45, 2.75) is 26.3 Å². The molecule has 0 aliphatic carbocycles. The van der Waals surface area contributed by atoms with Gasteiger partial charge in [0, 0.05) is 18.3 Å². The molecule has 0 fully saturated rings. The van der Waals surface area contributed by atoms with Gasteiger partial charge in [0.2, 0.25) is 0 Å². The van der Waals surface area contributed by atoms with Crippen LogP contribution in [-0.2, 0) is 19.4 Å². The predicted octanol–water partition coefficient (Wildman–Crippen LogP) is 1.60. The van der Waals surface area contributed by atoms with E-state index in [4.69, 9.17) is 0 Å². The summed E-state index contributed by atoms with van der Waals surface area (Å²) in [5.74, 6) is 0. The van der Waals surface area contributed by atoms with E-state index in [1.54, 1.807) is 11.0 Å². The van der Waals surface area contributed by atoms with Crippen molar-refractivity contribution in [3.8, 4) is 0 Å². The predicted molar refractivity (Wildman–Crippen MR) is 84.0 cm³/mol. The van der Waals surface area contributed by atoms with Gasteiger partial charge in [-0.3, -0.25) is 9.69 Å². The van der Waals surface area contributed by atoms with E-state index in [9.17, 15) is 9.59 Å². The molecule has 2 aromatic rings. The van der Waals surface area contributed by atoms with E-state index in [0.29, 0.717) is 12.2 Å². The SMILES string of the molecule is CCc1ccc2c(c1)CCN2C(=O)NCc1ccc(=O)[nH]n1. The number of benzene rings is 1. The zero-order valence-corrected chi connectivity index (χ0v) is 12.4. The third kappa shape index (κ3) is 2.86. The first-order valence-corrected chi connectivity index (χ1v) is 7.39. The van der Waals surface area contributed by atoms with E-state index < -0.39 is 0 Å². The lowest BCUT2D eigenvalue weighted by atomic mass is 10.1. The topological polar surface area (TPSA) is 78.1 Å². The molecule has 0 bridgehead atoms. The Labute approximate surface area is 128 Å². The summed E-state index contributed by atoms with van der Waals surface area (Å²) in [4.78, 5) is 25.0. The summed E-state index contributed by atoms with van der Waals surface area (Å²) < 4.78 is 0. The number of aromatic nitrogens is 2. The molecule has 0 unspecified atom stereocenters. The molecule has 22 heavy (non-hydrogen) atoms. The van der Waals surface area contributed by atoms with Gasteiger partial charge in [-0.2, -0.15) is 5.10 Å². The molecule has 0 radical (unpaired) electrons. The van der Waals surface area contributed by atoms with Gasteiger partial charge >= 0.3 is 6.03 Å². The van der Waals surface area contributed by atoms with Crippen molar-refractivity contribution in [3.05, 3.63) is 57.5 Å². The van der Waals surface area contributed by atoms with Crippen molar-refractivity contribution in [3.63, 3.8) is 0 Å². The Morgan fingerprint density at radius 2 is 2.23 bits per heavy atom. The van der Waals surface area contributed by atoms with E-state index in [1.165, 1.54) is 17.2 Å². The zero-order valence-electron chi connectivity index (χ0n) is 12.4. The van der Waals surface area contributed by atoms with E-state index in [1.807, 2.05) is 6.07 Å². The average Bonchev–Trinajstić information content (AvgIpc) is 2.97. The van der Waals surface area contributed by atoms with Gasteiger partial charge in [-0.15, -0.1) is 0 Å². The van der Waals surface area contributed by atoms with Crippen LogP contribution < -0.4 is 15.8 Å². The molecule has 6 nitrogen and oxygen atoms in total. The molecule has 6 heteroatoms. The number of nitrogens with zero attached hydrogens (tertiary/aromatic N) is 2. The Kier molecular flexibility index (Phi) is 3.91. The number of hydrogen-bond donors (Lipinski definition) is 2. The van der Waals surface area contributed by atoms with Gasteiger partial charge in [-0.1, -0.05) is 19.1 Å². The fourth-order valence-corrected chi connectivity index (χ4v) is 2.62. The molecule has 2 heterocycles. The highest BCUT2D eigenvalue weighted by Gasteiger charge is 2.24. The summed E-state index contributed by atoms with van der Waals surface area (Å²) in [5.41, 5.74) is 3.85. The van der Waals surface area contributed by atoms with Gasteiger partial charge in [0.05, 0.1) is 12.2 Å². The number of aryl methyl sites for hydroxylation is 1. The smallest absolute Gasteiger partial charge is 0.322 e. The average molecular weight is 298 g/mol. The van der Waals surface area contributed by atoms with Crippen LogP contribution in [0.1, 0.15) is 23.7 Å². The second-order valence-electron chi connectivity index (χ2n) is 5.29. The van der Waals surface area contributed by atoms with Crippen LogP contribution >= 0.6 is 0 Å². The standard InChI is InChI=1S/C16H18N4O2/c1-2-11-3-5-14-12(9-11)7-8-20(14)16(22)17-10-13-4-6-15(21)19-18-13/h3-6,9H,2,7-8,10H2,1H3,(H,17,22)(H,19,21). The third-order valence-electron chi connectivity index (χ3n) is 3.85. The maximum absolute atomic E-state index is 12.3. The molecular formula is C16H18N4O2. The number of fused-ring (bicyclic) bond motifs is 1. The monoisotopic (exact) mass is 298 g/mol. The lowest BCUT2D eigenvalue weighted by Crippen LogP contribution is -2.38. The van der Waals surface area contributed by atoms with Crippen LogP contribution in [0.15, 0.2) is 35.1 Å². The van der Waals surface area contributed by atoms with Gasteiger partial charge < -0.3 is 5.32 Å². The lowest BCUT2D eigenvalue weighted by molar-refractivity contribution is 0.246. The minimum absolute atomic E-state index is 0.143. The third-order valence-corrected chi connectivity index (χ3v) is 3.85. The number of H-pyrrole nitrogens is 1. The number of rotatable bonds is 3. The van der Waals surface area contributed by atoms with Crippen molar-refractivity contribution in [2.75, 3.05) is 11.4 Å². The van der Waals surface area contributed by atoms with Crippen LogP contribution in [0.3, 0.4) is 0 Å². The Morgan fingerprint density at radius 1 is 1.36 bits per heavy atom. The Bertz CT molecular complexity index is 734. The second-order valence-corrected chi connectivity index (χ2v) is 5.29. The summed E-state index contributed by atoms with van der Waals surface area (Å²) in [6.45, 7) is 3.10. The number of amides is 2. The first-order chi connectivity index (χ1) is 10.7. The van der Waals surface area contributed by atoms with Gasteiger partial charge in [0.1, 0.15) is 0 Å². The largest absolute Gasteiger partial charge is 0.332 e. The van der Waals surface area contributed by atoms with E-state index in [-0.39, 0.29) is 18.1 Å². The first kappa shape index (κ1) is 14.3. The van der Waals surface area contributed by atoms with Gasteiger partial charge in [0.25, 0.3) is 5.56 Å². The summed E-state index contributed by atoms with van der Waals surface area (Å²) in [6.07, 6.45) is 1.88. The molecule has 3 rings (SSSR count). The molecule has 0 saturated heterocycles. The summed E-state index contributed by atoms with van der Waals surface area (Å²) in [6, 6.07) is 9.10. The Hall–Kier alpha value is -2.63. The summed E-state index contributed by atoms with van der Waals surface area (Å²) in [5, 5.41) is 9.06. The van der Waals surface area contributed by atoms with Gasteiger partial charge in [0.15, 0.2) is 0 Å². The second kappa shape index (κ2) is 6.01. The van der Waals surface area contributed by atoms with Crippen LogP contribution in [0.4, 0.5) is 10.5 Å². The molecule has 0 saturated carbocycles. The Balaban J connectivity index is 1.67. The number of carbonyl (C=O) groups is 1. The van der Waals surface area contributed by atoms with Crippen LogP contribution in [0, 0.1) is 0 Å². The number of urea groups is 1. The molecule has 114 valence electrons. The van der Waals surface area contributed by atoms with E-state index in [2.05, 4.69) is 34.6 Å². The highest BCUT2D eigenvalue weighted by atomic mass is 16.2. The van der Waals surface area contributed by atoms with Crippen LogP contribution in [0.5, 0.6) is 0 Å². The highest BCUT2D eigenvalue weighted by Crippen LogP contribution is 2.29. The number of anilines is 1. The zero-order chi connectivity index (χ0) is 15.5. The van der Waals surface area contributed by atoms with Crippen LogP contribution in [-0.4, -0.2) is 22.8 Å². The fourth-order valence-electron chi connectivity index (χ4n) is 2.62. The van der Waals surface area contributed by atoms with Crippen molar-refractivity contribution in [1.29, 1.82) is 0 Å². The highest BCUT2D eigenvalue weighted by molar-refractivity contribution is 5.94. The minimum atomic E-state index is -0.254. The molecular weight excluding hydrogens is 280 g/mol. The van der Waals surface area contributed by atoms with E-state index in [0.717, 1.165) is 18.5 Å². The molecule has 1 aromatic heterocycles. The van der Waals surface area contributed by atoms with Gasteiger partial charge in [-0.05, 0) is 36.1 Å². The maximum Gasteiger partial charge on any atom is 0.322 e. The fraction of sp³-hybridized carbons (Fsp3) is 0.312. The number of carbonyl (C=O) groups excluding carboxylic acids is 1. The van der Waals surface area contributed by atoms with Gasteiger partial charge in [-0.25, -0.2) is 9.89 Å². The Morgan fingerprint density at radius 3 is 2.95 bits per heavy atom. The summed E-state index contributed by atoms with van der Waals surface area (Å²) >= 11 is 0. The summed E-state index contributed by atoms with van der Waals surface area (Å²) in [7, 11) is 0. The lowest BCUT2D eigenvalue weighted by Gasteiger charge is -2.18. The number of hydrogen-bond acceptors (Lipinski definition) is 3. The van der Waals surface area contributed by atoms with Crippen molar-refractivity contribution in [1.82, 2.24) is 15.5 Å². The molecule has 1 aliphatic heterocycles. The molecule has 0 spiro atoms.